The summed E-state index contributed by atoms with van der Waals surface area (Å²) in [6, 6.07) is 0. The minimum absolute atomic E-state index is 0.139. The average Bonchev–Trinajstić information content (AvgIpc) is 2.61. The van der Waals surface area contributed by atoms with Crippen molar-refractivity contribution in [1.29, 1.82) is 0 Å². The molecule has 0 aliphatic heterocycles. The Morgan fingerprint density at radius 2 is 0.931 bits per heavy atom. The van der Waals surface area contributed by atoms with Gasteiger partial charge in [0.2, 0.25) is 0 Å². The van der Waals surface area contributed by atoms with Crippen molar-refractivity contribution in [2.75, 3.05) is 19.8 Å². The van der Waals surface area contributed by atoms with E-state index in [0.717, 1.165) is 37.9 Å². The van der Waals surface area contributed by atoms with E-state index in [1.165, 1.54) is 64.2 Å². The highest BCUT2D eigenvalue weighted by Crippen LogP contribution is 2.41. The van der Waals surface area contributed by atoms with Crippen molar-refractivity contribution < 1.29 is 13.6 Å². The Labute approximate surface area is 185 Å². The van der Waals surface area contributed by atoms with E-state index in [2.05, 4.69) is 48.5 Å². The van der Waals surface area contributed by atoms with Gasteiger partial charge in [0.1, 0.15) is 0 Å². The molecule has 0 saturated heterocycles. The van der Waals surface area contributed by atoms with Crippen LogP contribution in [0.5, 0.6) is 0 Å². The third-order valence-corrected chi connectivity index (χ3v) is 5.97. The second-order valence-electron chi connectivity index (χ2n) is 10.6. The molecule has 0 aromatic carbocycles. The Bertz CT molecular complexity index is 315. The van der Waals surface area contributed by atoms with Crippen molar-refractivity contribution in [3.05, 3.63) is 0 Å². The molecule has 0 unspecified atom stereocenters. The molecule has 0 fully saturated rings. The largest absolute Gasteiger partial charge is 0.332 e. The topological polar surface area (TPSA) is 27.7 Å². The molecule has 0 aliphatic carbocycles. The second kappa shape index (κ2) is 19.0. The van der Waals surface area contributed by atoms with Crippen LogP contribution < -0.4 is 0 Å². The molecule has 29 heavy (non-hydrogen) atoms. The third kappa shape index (κ3) is 24.5. The minimum Gasteiger partial charge on any atom is -0.312 e. The fraction of sp³-hybridized carbons (Fsp3) is 1.00. The molecule has 0 radical (unpaired) electrons. The zero-order chi connectivity index (χ0) is 22.0. The van der Waals surface area contributed by atoms with E-state index < -0.39 is 8.60 Å². The molecular weight excluding hydrogens is 379 g/mol. The smallest absolute Gasteiger partial charge is 0.312 e. The van der Waals surface area contributed by atoms with Crippen molar-refractivity contribution in [1.82, 2.24) is 0 Å². The van der Waals surface area contributed by atoms with E-state index in [1.54, 1.807) is 0 Å². The zero-order valence-corrected chi connectivity index (χ0v) is 21.8. The Hall–Kier alpha value is 0.310. The molecule has 0 atom stereocenters. The number of hydrogen-bond acceptors (Lipinski definition) is 3. The van der Waals surface area contributed by atoms with Crippen LogP contribution in [0.2, 0.25) is 0 Å². The Morgan fingerprint density at radius 1 is 0.552 bits per heavy atom. The Morgan fingerprint density at radius 3 is 1.31 bits per heavy atom. The van der Waals surface area contributed by atoms with Crippen LogP contribution in [0, 0.1) is 17.3 Å². The highest BCUT2D eigenvalue weighted by Gasteiger charge is 2.18. The normalized spacial score (nSPS) is 12.6. The first-order valence-electron chi connectivity index (χ1n) is 12.4. The van der Waals surface area contributed by atoms with Crippen LogP contribution in [-0.2, 0) is 13.6 Å². The first kappa shape index (κ1) is 29.3. The van der Waals surface area contributed by atoms with E-state index in [0.29, 0.717) is 6.61 Å². The number of unbranched alkanes of at least 4 members (excludes halogenated alkanes) is 8. The fourth-order valence-corrected chi connectivity index (χ4v) is 4.28. The van der Waals surface area contributed by atoms with Gasteiger partial charge in [0.15, 0.2) is 0 Å². The summed E-state index contributed by atoms with van der Waals surface area (Å²) < 4.78 is 17.9. The number of rotatable bonds is 20. The van der Waals surface area contributed by atoms with Gasteiger partial charge < -0.3 is 13.6 Å². The molecule has 0 bridgehead atoms. The molecule has 0 spiro atoms. The fourth-order valence-electron chi connectivity index (χ4n) is 3.01. The van der Waals surface area contributed by atoms with Gasteiger partial charge in [-0.15, -0.1) is 0 Å². The lowest BCUT2D eigenvalue weighted by Crippen LogP contribution is -2.14. The predicted octanol–water partition coefficient (Wildman–Crippen LogP) is 9.30. The van der Waals surface area contributed by atoms with Crippen molar-refractivity contribution in [3.63, 3.8) is 0 Å². The van der Waals surface area contributed by atoms with Gasteiger partial charge in [-0.3, -0.25) is 0 Å². The van der Waals surface area contributed by atoms with Gasteiger partial charge in [0.05, 0.1) is 19.8 Å². The first-order chi connectivity index (χ1) is 13.7. The van der Waals surface area contributed by atoms with Crippen LogP contribution in [0.15, 0.2) is 0 Å². The summed E-state index contributed by atoms with van der Waals surface area (Å²) in [4.78, 5) is 0. The molecular formula is C25H53O3P. The summed E-state index contributed by atoms with van der Waals surface area (Å²) in [5, 5.41) is 0. The SMILES string of the molecule is CC(C)CCCCCCCOP(OCCCCCCCC(C)C)OCC(C)(C)C. The maximum Gasteiger partial charge on any atom is 0.332 e. The van der Waals surface area contributed by atoms with Crippen molar-refractivity contribution in [3.8, 4) is 0 Å². The van der Waals surface area contributed by atoms with Gasteiger partial charge in [-0.2, -0.15) is 0 Å². The summed E-state index contributed by atoms with van der Waals surface area (Å²) in [6.07, 6.45) is 15.5. The lowest BCUT2D eigenvalue weighted by molar-refractivity contribution is 0.121. The van der Waals surface area contributed by atoms with E-state index in [4.69, 9.17) is 13.6 Å². The van der Waals surface area contributed by atoms with Crippen LogP contribution in [0.4, 0.5) is 0 Å². The minimum atomic E-state index is -1.20. The Balaban J connectivity index is 3.83. The summed E-state index contributed by atoms with van der Waals surface area (Å²) in [6.45, 7) is 18.0. The molecule has 0 aromatic rings. The van der Waals surface area contributed by atoms with Crippen LogP contribution in [0.3, 0.4) is 0 Å². The van der Waals surface area contributed by atoms with Crippen LogP contribution in [0.1, 0.15) is 126 Å². The second-order valence-corrected chi connectivity index (χ2v) is 11.8. The maximum absolute atomic E-state index is 5.97. The summed E-state index contributed by atoms with van der Waals surface area (Å²) >= 11 is 0. The van der Waals surface area contributed by atoms with Crippen LogP contribution in [-0.4, -0.2) is 19.8 Å². The summed E-state index contributed by atoms with van der Waals surface area (Å²) in [5.74, 6) is 1.66. The quantitative estimate of drug-likeness (QED) is 0.142. The van der Waals surface area contributed by atoms with Crippen molar-refractivity contribution >= 4 is 8.60 Å². The molecule has 0 saturated carbocycles. The maximum atomic E-state index is 5.97. The van der Waals surface area contributed by atoms with Gasteiger partial charge in [-0.05, 0) is 30.1 Å². The number of hydrogen-bond donors (Lipinski definition) is 0. The van der Waals surface area contributed by atoms with Crippen LogP contribution >= 0.6 is 8.60 Å². The molecule has 0 aliphatic rings. The monoisotopic (exact) mass is 432 g/mol. The van der Waals surface area contributed by atoms with Crippen molar-refractivity contribution in [2.24, 2.45) is 17.3 Å². The molecule has 0 amide bonds. The predicted molar refractivity (Wildman–Crippen MR) is 129 cm³/mol. The van der Waals surface area contributed by atoms with Gasteiger partial charge in [-0.25, -0.2) is 0 Å². The molecule has 3 nitrogen and oxygen atoms in total. The van der Waals surface area contributed by atoms with Gasteiger partial charge in [0, 0.05) is 0 Å². The lowest BCUT2D eigenvalue weighted by Gasteiger charge is -2.22. The van der Waals surface area contributed by atoms with Crippen molar-refractivity contribution in [2.45, 2.75) is 126 Å². The Kier molecular flexibility index (Phi) is 19.2. The van der Waals surface area contributed by atoms with Gasteiger partial charge >= 0.3 is 8.60 Å². The van der Waals surface area contributed by atoms with E-state index in [9.17, 15) is 0 Å². The first-order valence-corrected chi connectivity index (χ1v) is 13.5. The molecule has 0 N–H and O–H groups in total. The molecule has 176 valence electrons. The summed E-state index contributed by atoms with van der Waals surface area (Å²) in [5.41, 5.74) is 0.139. The lowest BCUT2D eigenvalue weighted by atomic mass is 9.99. The van der Waals surface area contributed by atoms with E-state index >= 15 is 0 Å². The highest BCUT2D eigenvalue weighted by atomic mass is 31.2. The molecule has 0 rings (SSSR count). The van der Waals surface area contributed by atoms with Gasteiger partial charge in [0.25, 0.3) is 0 Å². The molecule has 4 heteroatoms. The average molecular weight is 433 g/mol. The van der Waals surface area contributed by atoms with E-state index in [-0.39, 0.29) is 5.41 Å². The van der Waals surface area contributed by atoms with Gasteiger partial charge in [-0.1, -0.05) is 113 Å². The summed E-state index contributed by atoms with van der Waals surface area (Å²) in [7, 11) is -1.20. The molecule has 0 aromatic heterocycles. The highest BCUT2D eigenvalue weighted by molar-refractivity contribution is 7.41. The van der Waals surface area contributed by atoms with Crippen LogP contribution in [0.25, 0.3) is 0 Å². The molecule has 0 heterocycles. The third-order valence-electron chi connectivity index (χ3n) is 4.85. The zero-order valence-electron chi connectivity index (χ0n) is 20.9. The van der Waals surface area contributed by atoms with E-state index in [1.807, 2.05) is 0 Å². The standard InChI is InChI=1S/C25H53O3P/c1-23(2)18-14-10-8-12-16-20-26-29(28-22-25(5,6)7)27-21-17-13-9-11-15-19-24(3)4/h23-24H,8-22H2,1-7H3.